The van der Waals surface area contributed by atoms with Gasteiger partial charge >= 0.3 is 0 Å². The molecule has 3 rings (SSSR count). The Kier molecular flexibility index (Phi) is 3.32. The maximum Gasteiger partial charge on any atom is 0.271 e. The molecule has 1 aromatic rings. The fraction of sp³-hybridized carbons (Fsp3) is 0.429. The van der Waals surface area contributed by atoms with E-state index in [9.17, 15) is 19.7 Å². The lowest BCUT2D eigenvalue weighted by Gasteiger charge is -2.32. The normalized spacial score (nSPS) is 24.8. The molecule has 2 atom stereocenters. The van der Waals surface area contributed by atoms with Crippen molar-refractivity contribution >= 4 is 28.9 Å². The Morgan fingerprint density at radius 2 is 1.57 bits per heavy atom. The minimum Gasteiger partial charge on any atom is -0.324 e. The Balaban J connectivity index is 2.00. The third-order valence-electron chi connectivity index (χ3n) is 4.17. The first kappa shape index (κ1) is 13.5. The molecule has 1 fully saturated rings. The molecule has 1 heterocycles. The van der Waals surface area contributed by atoms with Gasteiger partial charge in [0.15, 0.2) is 0 Å². The van der Waals surface area contributed by atoms with Crippen molar-refractivity contribution in [1.82, 2.24) is 0 Å². The van der Waals surface area contributed by atoms with Gasteiger partial charge < -0.3 is 10.6 Å². The van der Waals surface area contributed by atoms with Crippen LogP contribution in [0.25, 0.3) is 0 Å². The molecular weight excluding hydrogens is 274 g/mol. The number of nitro groups is 1. The van der Waals surface area contributed by atoms with Crippen LogP contribution in [0, 0.1) is 22.0 Å². The summed E-state index contributed by atoms with van der Waals surface area (Å²) >= 11 is 0. The summed E-state index contributed by atoms with van der Waals surface area (Å²) in [6.45, 7) is 0. The smallest absolute Gasteiger partial charge is 0.271 e. The molecular formula is C14H15N3O4. The van der Waals surface area contributed by atoms with Crippen LogP contribution in [0.3, 0.4) is 0 Å². The molecule has 1 saturated carbocycles. The summed E-state index contributed by atoms with van der Waals surface area (Å²) in [6.07, 6.45) is 3.24. The molecule has 2 aliphatic rings. The summed E-state index contributed by atoms with van der Waals surface area (Å²) in [7, 11) is 0. The van der Waals surface area contributed by atoms with Crippen LogP contribution >= 0.6 is 0 Å². The number of carbonyl (C=O) groups excluding carboxylic acids is 2. The van der Waals surface area contributed by atoms with Crippen LogP contribution in [0.5, 0.6) is 0 Å². The highest BCUT2D eigenvalue weighted by molar-refractivity contribution is 6.06. The lowest BCUT2D eigenvalue weighted by molar-refractivity contribution is -0.384. The number of carbonyl (C=O) groups is 2. The van der Waals surface area contributed by atoms with Gasteiger partial charge in [0.2, 0.25) is 11.8 Å². The largest absolute Gasteiger partial charge is 0.324 e. The van der Waals surface area contributed by atoms with Crippen molar-refractivity contribution in [3.8, 4) is 0 Å². The predicted molar refractivity (Wildman–Crippen MR) is 75.8 cm³/mol. The molecule has 0 radical (unpaired) electrons. The van der Waals surface area contributed by atoms with Gasteiger partial charge in [0, 0.05) is 24.0 Å². The maximum absolute atomic E-state index is 12.3. The van der Waals surface area contributed by atoms with Crippen molar-refractivity contribution in [2.24, 2.45) is 11.8 Å². The molecule has 7 heteroatoms. The summed E-state index contributed by atoms with van der Waals surface area (Å²) in [5, 5.41) is 16.3. The topological polar surface area (TPSA) is 101 Å². The van der Waals surface area contributed by atoms with Crippen molar-refractivity contribution < 1.29 is 14.5 Å². The molecule has 7 nitrogen and oxygen atoms in total. The van der Waals surface area contributed by atoms with E-state index in [-0.39, 0.29) is 35.0 Å². The van der Waals surface area contributed by atoms with Gasteiger partial charge in [0.25, 0.3) is 5.69 Å². The van der Waals surface area contributed by atoms with Gasteiger partial charge in [-0.3, -0.25) is 19.7 Å². The Morgan fingerprint density at radius 1 is 1.00 bits per heavy atom. The molecule has 0 spiro atoms. The zero-order valence-electron chi connectivity index (χ0n) is 11.3. The van der Waals surface area contributed by atoms with Crippen molar-refractivity contribution in [3.63, 3.8) is 0 Å². The number of benzene rings is 1. The molecule has 0 unspecified atom stereocenters. The lowest BCUT2D eigenvalue weighted by Crippen LogP contribution is -2.40. The molecule has 0 aromatic heterocycles. The van der Waals surface area contributed by atoms with Crippen LogP contribution in [0.1, 0.15) is 25.7 Å². The number of non-ortho nitro benzene ring substituents is 1. The average molecular weight is 289 g/mol. The monoisotopic (exact) mass is 289 g/mol. The van der Waals surface area contributed by atoms with E-state index in [2.05, 4.69) is 10.6 Å². The SMILES string of the molecule is O=C1Nc2ccc([N+](=O)[O-])cc2NC(=O)[C@H]2CCCC[C@H]12. The Hall–Kier alpha value is -2.44. The highest BCUT2D eigenvalue weighted by Gasteiger charge is 2.37. The van der Waals surface area contributed by atoms with Gasteiger partial charge in [-0.15, -0.1) is 0 Å². The van der Waals surface area contributed by atoms with Gasteiger partial charge in [-0.1, -0.05) is 12.8 Å². The highest BCUT2D eigenvalue weighted by atomic mass is 16.6. The van der Waals surface area contributed by atoms with Crippen LogP contribution in [-0.4, -0.2) is 16.7 Å². The van der Waals surface area contributed by atoms with E-state index in [1.165, 1.54) is 18.2 Å². The summed E-state index contributed by atoms with van der Waals surface area (Å²) in [5.74, 6) is -1.07. The number of nitro benzene ring substituents is 1. The first-order valence-corrected chi connectivity index (χ1v) is 6.96. The standard InChI is InChI=1S/C14H15N3O4/c18-13-9-3-1-2-4-10(9)14(19)16-12-7-8(17(20)21)5-6-11(12)15-13/h5-7,9-10H,1-4H2,(H,15,18)(H,16,19)/t9-,10-/m0/s1. The number of hydrogen-bond donors (Lipinski definition) is 2. The van der Waals surface area contributed by atoms with Gasteiger partial charge in [-0.05, 0) is 18.9 Å². The van der Waals surface area contributed by atoms with Crippen LogP contribution < -0.4 is 10.6 Å². The third-order valence-corrected chi connectivity index (χ3v) is 4.17. The van der Waals surface area contributed by atoms with Gasteiger partial charge in [-0.2, -0.15) is 0 Å². The fourth-order valence-electron chi connectivity index (χ4n) is 3.07. The quantitative estimate of drug-likeness (QED) is 0.611. The first-order valence-electron chi connectivity index (χ1n) is 6.96. The number of hydrogen-bond acceptors (Lipinski definition) is 4. The molecule has 0 bridgehead atoms. The fourth-order valence-corrected chi connectivity index (χ4v) is 3.07. The zero-order valence-corrected chi connectivity index (χ0v) is 11.3. The number of nitrogens with one attached hydrogen (secondary N) is 2. The van der Waals surface area contributed by atoms with E-state index >= 15 is 0 Å². The van der Waals surface area contributed by atoms with Crippen LogP contribution in [0.15, 0.2) is 18.2 Å². The molecule has 1 aromatic carbocycles. The minimum atomic E-state index is -0.531. The second-order valence-corrected chi connectivity index (χ2v) is 5.46. The zero-order chi connectivity index (χ0) is 15.0. The van der Waals surface area contributed by atoms with Crippen molar-refractivity contribution in [1.29, 1.82) is 0 Å². The number of amides is 2. The summed E-state index contributed by atoms with van der Waals surface area (Å²) in [4.78, 5) is 34.9. The summed E-state index contributed by atoms with van der Waals surface area (Å²) in [6, 6.07) is 4.04. The van der Waals surface area contributed by atoms with Crippen molar-refractivity contribution in [2.45, 2.75) is 25.7 Å². The van der Waals surface area contributed by atoms with Crippen molar-refractivity contribution in [3.05, 3.63) is 28.3 Å². The third kappa shape index (κ3) is 2.46. The van der Waals surface area contributed by atoms with Crippen LogP contribution in [0.2, 0.25) is 0 Å². The lowest BCUT2D eigenvalue weighted by atomic mass is 9.77. The van der Waals surface area contributed by atoms with Crippen molar-refractivity contribution in [2.75, 3.05) is 10.6 Å². The Labute approximate surface area is 120 Å². The molecule has 2 N–H and O–H groups in total. The van der Waals surface area contributed by atoms with Crippen LogP contribution in [0.4, 0.5) is 17.1 Å². The summed E-state index contributed by atoms with van der Waals surface area (Å²) < 4.78 is 0. The second-order valence-electron chi connectivity index (χ2n) is 5.46. The average Bonchev–Trinajstić information content (AvgIpc) is 2.47. The Bertz CT molecular complexity index is 629. The van der Waals surface area contributed by atoms with E-state index in [1.54, 1.807) is 0 Å². The predicted octanol–water partition coefficient (Wildman–Crippen LogP) is 2.29. The molecule has 1 aliphatic carbocycles. The Morgan fingerprint density at radius 3 is 2.14 bits per heavy atom. The van der Waals surface area contributed by atoms with Crippen LogP contribution in [-0.2, 0) is 9.59 Å². The number of rotatable bonds is 1. The molecule has 2 amide bonds. The van der Waals surface area contributed by atoms with E-state index < -0.39 is 4.92 Å². The molecule has 0 saturated heterocycles. The van der Waals surface area contributed by atoms with Gasteiger partial charge in [-0.25, -0.2) is 0 Å². The molecule has 110 valence electrons. The van der Waals surface area contributed by atoms with E-state index in [0.29, 0.717) is 18.5 Å². The van der Waals surface area contributed by atoms with E-state index in [0.717, 1.165) is 12.8 Å². The molecule has 1 aliphatic heterocycles. The van der Waals surface area contributed by atoms with E-state index in [1.807, 2.05) is 0 Å². The highest BCUT2D eigenvalue weighted by Crippen LogP contribution is 2.36. The first-order chi connectivity index (χ1) is 10.1. The number of nitrogens with zero attached hydrogens (tertiary/aromatic N) is 1. The second kappa shape index (κ2) is 5.16. The van der Waals surface area contributed by atoms with E-state index in [4.69, 9.17) is 0 Å². The maximum atomic E-state index is 12.3. The number of anilines is 2. The number of fused-ring (bicyclic) bond motifs is 2. The minimum absolute atomic E-state index is 0.121. The summed E-state index contributed by atoms with van der Waals surface area (Å²) in [5.41, 5.74) is 0.568. The van der Waals surface area contributed by atoms with Gasteiger partial charge in [0.05, 0.1) is 16.3 Å². The van der Waals surface area contributed by atoms with Gasteiger partial charge in [0.1, 0.15) is 0 Å². The molecule has 21 heavy (non-hydrogen) atoms.